The molecule has 1 aromatic carbocycles. The molecule has 88 valence electrons. The Labute approximate surface area is 95.8 Å². The number of hydrogen-bond donors (Lipinski definition) is 0. The Morgan fingerprint density at radius 3 is 2.75 bits per heavy atom. The summed E-state index contributed by atoms with van der Waals surface area (Å²) in [6.45, 7) is 2.79. The van der Waals surface area contributed by atoms with Crippen molar-refractivity contribution in [3.63, 3.8) is 0 Å². The molecule has 0 unspecified atom stereocenters. The van der Waals surface area contributed by atoms with Gasteiger partial charge < -0.3 is 0 Å². The lowest BCUT2D eigenvalue weighted by atomic mass is 10.2. The molecule has 0 amide bonds. The Morgan fingerprint density at radius 2 is 2.12 bits per heavy atom. The van der Waals surface area contributed by atoms with Crippen molar-refractivity contribution in [1.82, 2.24) is 4.47 Å². The van der Waals surface area contributed by atoms with Crippen LogP contribution in [0.2, 0.25) is 0 Å². The zero-order valence-corrected chi connectivity index (χ0v) is 10.0. The summed E-state index contributed by atoms with van der Waals surface area (Å²) in [6, 6.07) is 6.87. The molecule has 4 nitrogen and oxygen atoms in total. The van der Waals surface area contributed by atoms with Crippen molar-refractivity contribution in [2.45, 2.75) is 24.7 Å². The normalized spacial score (nSPS) is 18.6. The molecule has 1 aliphatic rings. The van der Waals surface area contributed by atoms with E-state index >= 15 is 0 Å². The van der Waals surface area contributed by atoms with Gasteiger partial charge in [0.25, 0.3) is 10.0 Å². The van der Waals surface area contributed by atoms with Crippen LogP contribution >= 0.6 is 0 Å². The van der Waals surface area contributed by atoms with E-state index in [1.807, 2.05) is 13.0 Å². The van der Waals surface area contributed by atoms with Crippen molar-refractivity contribution in [1.29, 1.82) is 0 Å². The fraction of sp³-hybridized carbons (Fsp3) is 0.455. The molecule has 0 saturated carbocycles. The van der Waals surface area contributed by atoms with E-state index in [4.69, 9.17) is 4.84 Å². The third kappa shape index (κ3) is 2.26. The van der Waals surface area contributed by atoms with E-state index < -0.39 is 10.0 Å². The van der Waals surface area contributed by atoms with Crippen molar-refractivity contribution >= 4 is 10.0 Å². The van der Waals surface area contributed by atoms with Gasteiger partial charge in [-0.3, -0.25) is 4.84 Å². The first-order valence-electron chi connectivity index (χ1n) is 5.33. The molecule has 1 saturated heterocycles. The van der Waals surface area contributed by atoms with Gasteiger partial charge in [-0.15, -0.1) is 0 Å². The second-order valence-electron chi connectivity index (χ2n) is 3.89. The minimum Gasteiger partial charge on any atom is -0.284 e. The molecular weight excluding hydrogens is 226 g/mol. The van der Waals surface area contributed by atoms with E-state index in [0.717, 1.165) is 22.9 Å². The standard InChI is InChI=1S/C11H15NO3S/c1-10-5-4-6-11(9-10)16(13,14)12-7-2-3-8-15-12/h4-6,9H,2-3,7-8H2,1H3. The molecule has 0 aliphatic carbocycles. The first-order chi connectivity index (χ1) is 7.60. The predicted molar refractivity (Wildman–Crippen MR) is 60.3 cm³/mol. The fourth-order valence-electron chi connectivity index (χ4n) is 1.66. The number of hydrogen-bond acceptors (Lipinski definition) is 3. The zero-order chi connectivity index (χ0) is 11.6. The van der Waals surface area contributed by atoms with E-state index in [1.54, 1.807) is 18.2 Å². The van der Waals surface area contributed by atoms with E-state index in [9.17, 15) is 8.42 Å². The molecule has 0 aromatic heterocycles. The van der Waals surface area contributed by atoms with Crippen molar-refractivity contribution in [3.8, 4) is 0 Å². The van der Waals surface area contributed by atoms with Crippen LogP contribution in [0, 0.1) is 6.92 Å². The Bertz CT molecular complexity index is 464. The van der Waals surface area contributed by atoms with Crippen LogP contribution in [0.15, 0.2) is 29.2 Å². The number of rotatable bonds is 2. The van der Waals surface area contributed by atoms with Crippen molar-refractivity contribution < 1.29 is 13.3 Å². The Kier molecular flexibility index (Phi) is 3.28. The molecule has 1 heterocycles. The van der Waals surface area contributed by atoms with Gasteiger partial charge in [0, 0.05) is 6.54 Å². The molecule has 1 aliphatic heterocycles. The molecule has 0 spiro atoms. The average Bonchev–Trinajstić information content (AvgIpc) is 2.30. The van der Waals surface area contributed by atoms with Crippen LogP contribution < -0.4 is 0 Å². The molecule has 0 bridgehead atoms. The van der Waals surface area contributed by atoms with Crippen LogP contribution in [0.4, 0.5) is 0 Å². The third-order valence-electron chi connectivity index (χ3n) is 2.53. The van der Waals surface area contributed by atoms with Crippen molar-refractivity contribution in [3.05, 3.63) is 29.8 Å². The summed E-state index contributed by atoms with van der Waals surface area (Å²) in [5.41, 5.74) is 0.929. The van der Waals surface area contributed by atoms with Gasteiger partial charge in [0.1, 0.15) is 0 Å². The lowest BCUT2D eigenvalue weighted by Gasteiger charge is -2.25. The summed E-state index contributed by atoms with van der Waals surface area (Å²) >= 11 is 0. The topological polar surface area (TPSA) is 46.6 Å². The van der Waals surface area contributed by atoms with Gasteiger partial charge in [-0.2, -0.15) is 0 Å². The van der Waals surface area contributed by atoms with E-state index in [2.05, 4.69) is 0 Å². The molecule has 0 N–H and O–H groups in total. The van der Waals surface area contributed by atoms with E-state index in [1.165, 1.54) is 0 Å². The number of sulfonamides is 1. The predicted octanol–water partition coefficient (Wildman–Crippen LogP) is 1.71. The molecule has 1 fully saturated rings. The monoisotopic (exact) mass is 241 g/mol. The molecule has 2 rings (SSSR count). The number of nitrogens with zero attached hydrogens (tertiary/aromatic N) is 1. The maximum atomic E-state index is 12.1. The first kappa shape index (κ1) is 11.6. The highest BCUT2D eigenvalue weighted by atomic mass is 32.2. The summed E-state index contributed by atoms with van der Waals surface area (Å²) in [5, 5.41) is 0. The average molecular weight is 241 g/mol. The summed E-state index contributed by atoms with van der Waals surface area (Å²) in [7, 11) is -3.47. The lowest BCUT2D eigenvalue weighted by molar-refractivity contribution is -0.108. The van der Waals surface area contributed by atoms with Crippen LogP contribution in [0.5, 0.6) is 0 Å². The maximum Gasteiger partial charge on any atom is 0.265 e. The summed E-state index contributed by atoms with van der Waals surface area (Å²) in [4.78, 5) is 5.48. The highest BCUT2D eigenvalue weighted by Gasteiger charge is 2.27. The van der Waals surface area contributed by atoms with Crippen molar-refractivity contribution in [2.24, 2.45) is 0 Å². The van der Waals surface area contributed by atoms with Gasteiger partial charge in [-0.05, 0) is 37.5 Å². The van der Waals surface area contributed by atoms with E-state index in [-0.39, 0.29) is 0 Å². The van der Waals surface area contributed by atoms with Gasteiger partial charge in [-0.25, -0.2) is 8.42 Å². The molecule has 16 heavy (non-hydrogen) atoms. The van der Waals surface area contributed by atoms with Gasteiger partial charge in [0.2, 0.25) is 0 Å². The van der Waals surface area contributed by atoms with Crippen LogP contribution in [-0.2, 0) is 14.9 Å². The van der Waals surface area contributed by atoms with Crippen LogP contribution in [0.25, 0.3) is 0 Å². The minimum absolute atomic E-state index is 0.300. The van der Waals surface area contributed by atoms with Crippen LogP contribution in [0.1, 0.15) is 18.4 Å². The molecule has 0 atom stereocenters. The number of benzene rings is 1. The molecule has 1 aromatic rings. The fourth-order valence-corrected chi connectivity index (χ4v) is 3.06. The minimum atomic E-state index is -3.47. The summed E-state index contributed by atoms with van der Waals surface area (Å²) in [6.07, 6.45) is 1.77. The summed E-state index contributed by atoms with van der Waals surface area (Å²) < 4.78 is 25.4. The highest BCUT2D eigenvalue weighted by Crippen LogP contribution is 2.20. The maximum absolute atomic E-state index is 12.1. The summed E-state index contributed by atoms with van der Waals surface area (Å²) in [5.74, 6) is 0. The zero-order valence-electron chi connectivity index (χ0n) is 9.22. The molecule has 5 heteroatoms. The molecule has 0 radical (unpaired) electrons. The Hall–Kier alpha value is -0.910. The lowest BCUT2D eigenvalue weighted by Crippen LogP contribution is -2.35. The van der Waals surface area contributed by atoms with Gasteiger partial charge in [0.15, 0.2) is 0 Å². The quantitative estimate of drug-likeness (QED) is 0.792. The number of aryl methyl sites for hydroxylation is 1. The van der Waals surface area contributed by atoms with Gasteiger partial charge >= 0.3 is 0 Å². The highest BCUT2D eigenvalue weighted by molar-refractivity contribution is 7.89. The second kappa shape index (κ2) is 4.53. The third-order valence-corrected chi connectivity index (χ3v) is 4.20. The van der Waals surface area contributed by atoms with Crippen LogP contribution in [0.3, 0.4) is 0 Å². The van der Waals surface area contributed by atoms with Gasteiger partial charge in [-0.1, -0.05) is 16.6 Å². The van der Waals surface area contributed by atoms with E-state index in [0.29, 0.717) is 18.0 Å². The largest absolute Gasteiger partial charge is 0.284 e. The van der Waals surface area contributed by atoms with Gasteiger partial charge in [0.05, 0.1) is 11.5 Å². The van der Waals surface area contributed by atoms with Crippen LogP contribution in [-0.4, -0.2) is 26.0 Å². The smallest absolute Gasteiger partial charge is 0.265 e. The van der Waals surface area contributed by atoms with Crippen molar-refractivity contribution in [2.75, 3.05) is 13.2 Å². The second-order valence-corrected chi connectivity index (χ2v) is 5.72. The molecular formula is C11H15NO3S. The Balaban J connectivity index is 2.30. The number of hydroxylamine groups is 1. The first-order valence-corrected chi connectivity index (χ1v) is 6.77. The Morgan fingerprint density at radius 1 is 1.31 bits per heavy atom. The SMILES string of the molecule is Cc1cccc(S(=O)(=O)N2CCCCO2)c1.